The van der Waals surface area contributed by atoms with E-state index in [-0.39, 0.29) is 0 Å². The SMILES string of the molecule is CCNC(=NCc1ncnn1C)N1CCSC(C(C)C)C1. The van der Waals surface area contributed by atoms with Gasteiger partial charge in [0.15, 0.2) is 5.96 Å². The lowest BCUT2D eigenvalue weighted by atomic mass is 10.1. The number of rotatable bonds is 4. The second-order valence-electron chi connectivity index (χ2n) is 5.57. The molecule has 2 rings (SSSR count). The lowest BCUT2D eigenvalue weighted by Crippen LogP contribution is -2.49. The number of guanidine groups is 1. The summed E-state index contributed by atoms with van der Waals surface area (Å²) in [6.45, 7) is 10.3. The smallest absolute Gasteiger partial charge is 0.194 e. The van der Waals surface area contributed by atoms with E-state index in [4.69, 9.17) is 4.99 Å². The van der Waals surface area contributed by atoms with Gasteiger partial charge >= 0.3 is 0 Å². The Morgan fingerprint density at radius 3 is 3.00 bits per heavy atom. The van der Waals surface area contributed by atoms with E-state index in [0.717, 1.165) is 37.2 Å². The van der Waals surface area contributed by atoms with Crippen molar-refractivity contribution in [3.63, 3.8) is 0 Å². The Bertz CT molecular complexity index is 470. The van der Waals surface area contributed by atoms with E-state index in [1.807, 2.05) is 7.05 Å². The van der Waals surface area contributed by atoms with Crippen molar-refractivity contribution in [2.45, 2.75) is 32.6 Å². The summed E-state index contributed by atoms with van der Waals surface area (Å²) in [4.78, 5) is 11.3. The largest absolute Gasteiger partial charge is 0.357 e. The predicted octanol–water partition coefficient (Wildman–Crippen LogP) is 1.35. The molecule has 1 fully saturated rings. The molecule has 1 aliphatic rings. The maximum atomic E-state index is 4.73. The molecule has 1 saturated heterocycles. The Labute approximate surface area is 131 Å². The summed E-state index contributed by atoms with van der Waals surface area (Å²) in [7, 11) is 1.90. The fourth-order valence-corrected chi connectivity index (χ4v) is 3.60. The van der Waals surface area contributed by atoms with Crippen molar-refractivity contribution in [1.29, 1.82) is 0 Å². The molecule has 0 bridgehead atoms. The Hall–Kier alpha value is -1.24. The molecule has 2 heterocycles. The van der Waals surface area contributed by atoms with Gasteiger partial charge in [-0.05, 0) is 12.8 Å². The summed E-state index contributed by atoms with van der Waals surface area (Å²) in [5.41, 5.74) is 0. The molecule has 0 aliphatic carbocycles. The highest BCUT2D eigenvalue weighted by Crippen LogP contribution is 2.24. The highest BCUT2D eigenvalue weighted by atomic mass is 32.2. The maximum absolute atomic E-state index is 4.73. The van der Waals surface area contributed by atoms with Crippen molar-refractivity contribution < 1.29 is 0 Å². The van der Waals surface area contributed by atoms with E-state index in [2.05, 4.69) is 52.8 Å². The first kappa shape index (κ1) is 16.1. The molecule has 1 aliphatic heterocycles. The van der Waals surface area contributed by atoms with Crippen LogP contribution in [-0.4, -0.2) is 56.3 Å². The zero-order valence-corrected chi connectivity index (χ0v) is 14.2. The minimum Gasteiger partial charge on any atom is -0.357 e. The number of nitrogens with zero attached hydrogens (tertiary/aromatic N) is 5. The first-order chi connectivity index (χ1) is 10.1. The molecular weight excluding hydrogens is 284 g/mol. The first-order valence-corrected chi connectivity index (χ1v) is 8.64. The molecular formula is C14H26N6S. The summed E-state index contributed by atoms with van der Waals surface area (Å²) in [6.07, 6.45) is 1.57. The fourth-order valence-electron chi connectivity index (χ4n) is 2.31. The van der Waals surface area contributed by atoms with Gasteiger partial charge in [0.05, 0.1) is 0 Å². The molecule has 0 amide bonds. The second-order valence-corrected chi connectivity index (χ2v) is 6.92. The van der Waals surface area contributed by atoms with Gasteiger partial charge in [0, 0.05) is 37.7 Å². The molecule has 7 heteroatoms. The lowest BCUT2D eigenvalue weighted by molar-refractivity contribution is 0.380. The van der Waals surface area contributed by atoms with Crippen molar-refractivity contribution in [3.8, 4) is 0 Å². The molecule has 0 aromatic carbocycles. The third-order valence-corrected chi connectivity index (χ3v) is 5.19. The summed E-state index contributed by atoms with van der Waals surface area (Å²) in [5.74, 6) is 3.74. The molecule has 6 nitrogen and oxygen atoms in total. The van der Waals surface area contributed by atoms with E-state index in [9.17, 15) is 0 Å². The van der Waals surface area contributed by atoms with Crippen LogP contribution in [0.3, 0.4) is 0 Å². The van der Waals surface area contributed by atoms with E-state index in [1.54, 1.807) is 11.0 Å². The summed E-state index contributed by atoms with van der Waals surface area (Å²) in [6, 6.07) is 0. The molecule has 0 radical (unpaired) electrons. The Kier molecular flexibility index (Phi) is 5.90. The molecule has 21 heavy (non-hydrogen) atoms. The van der Waals surface area contributed by atoms with Crippen LogP contribution in [0.5, 0.6) is 0 Å². The van der Waals surface area contributed by atoms with Crippen LogP contribution in [-0.2, 0) is 13.6 Å². The average Bonchev–Trinajstić information content (AvgIpc) is 2.89. The molecule has 1 unspecified atom stereocenters. The van der Waals surface area contributed by atoms with Crippen LogP contribution in [0.2, 0.25) is 0 Å². The Balaban J connectivity index is 2.05. The minimum atomic E-state index is 0.564. The van der Waals surface area contributed by atoms with E-state index >= 15 is 0 Å². The van der Waals surface area contributed by atoms with Crippen molar-refractivity contribution in [2.75, 3.05) is 25.4 Å². The highest BCUT2D eigenvalue weighted by molar-refractivity contribution is 8.00. The number of thioether (sulfide) groups is 1. The molecule has 1 aromatic rings. The van der Waals surface area contributed by atoms with Gasteiger partial charge in [-0.1, -0.05) is 13.8 Å². The van der Waals surface area contributed by atoms with Crippen molar-refractivity contribution in [1.82, 2.24) is 25.0 Å². The van der Waals surface area contributed by atoms with Crippen LogP contribution >= 0.6 is 11.8 Å². The third kappa shape index (κ3) is 4.36. The fraction of sp³-hybridized carbons (Fsp3) is 0.786. The minimum absolute atomic E-state index is 0.564. The quantitative estimate of drug-likeness (QED) is 0.672. The van der Waals surface area contributed by atoms with E-state index < -0.39 is 0 Å². The average molecular weight is 310 g/mol. The van der Waals surface area contributed by atoms with Gasteiger partial charge in [-0.3, -0.25) is 4.68 Å². The number of hydrogen-bond donors (Lipinski definition) is 1. The van der Waals surface area contributed by atoms with Crippen LogP contribution in [0.25, 0.3) is 0 Å². The third-order valence-electron chi connectivity index (χ3n) is 3.65. The second kappa shape index (κ2) is 7.68. The summed E-state index contributed by atoms with van der Waals surface area (Å²) < 4.78 is 1.77. The van der Waals surface area contributed by atoms with Crippen molar-refractivity contribution in [2.24, 2.45) is 18.0 Å². The maximum Gasteiger partial charge on any atom is 0.194 e. The number of aliphatic imine (C=N–C) groups is 1. The van der Waals surface area contributed by atoms with Gasteiger partial charge in [-0.2, -0.15) is 16.9 Å². The van der Waals surface area contributed by atoms with Gasteiger partial charge < -0.3 is 10.2 Å². The number of nitrogens with one attached hydrogen (secondary N) is 1. The number of aromatic nitrogens is 3. The molecule has 1 aromatic heterocycles. The molecule has 1 N–H and O–H groups in total. The van der Waals surface area contributed by atoms with Crippen LogP contribution in [0, 0.1) is 5.92 Å². The standard InChI is InChI=1S/C14H26N6S/c1-5-15-14(16-8-13-17-10-18-19(13)4)20-6-7-21-12(9-20)11(2)3/h10-12H,5-9H2,1-4H3,(H,15,16). The van der Waals surface area contributed by atoms with Crippen molar-refractivity contribution >= 4 is 17.7 Å². The molecule has 1 atom stereocenters. The monoisotopic (exact) mass is 310 g/mol. The van der Waals surface area contributed by atoms with Crippen LogP contribution < -0.4 is 5.32 Å². The highest BCUT2D eigenvalue weighted by Gasteiger charge is 2.24. The first-order valence-electron chi connectivity index (χ1n) is 7.59. The van der Waals surface area contributed by atoms with E-state index in [0.29, 0.717) is 17.7 Å². The summed E-state index contributed by atoms with van der Waals surface area (Å²) >= 11 is 2.08. The lowest BCUT2D eigenvalue weighted by Gasteiger charge is -2.36. The summed E-state index contributed by atoms with van der Waals surface area (Å²) in [5, 5.41) is 8.17. The van der Waals surface area contributed by atoms with Crippen molar-refractivity contribution in [3.05, 3.63) is 12.2 Å². The van der Waals surface area contributed by atoms with Gasteiger partial charge in [-0.15, -0.1) is 0 Å². The Morgan fingerprint density at radius 2 is 2.38 bits per heavy atom. The molecule has 0 saturated carbocycles. The van der Waals surface area contributed by atoms with Crippen LogP contribution in [0.15, 0.2) is 11.3 Å². The van der Waals surface area contributed by atoms with Crippen LogP contribution in [0.1, 0.15) is 26.6 Å². The van der Waals surface area contributed by atoms with Crippen LogP contribution in [0.4, 0.5) is 0 Å². The van der Waals surface area contributed by atoms with Gasteiger partial charge in [0.2, 0.25) is 0 Å². The van der Waals surface area contributed by atoms with Gasteiger partial charge in [-0.25, -0.2) is 9.98 Å². The topological polar surface area (TPSA) is 58.3 Å². The number of aryl methyl sites for hydroxylation is 1. The number of hydrogen-bond acceptors (Lipinski definition) is 4. The van der Waals surface area contributed by atoms with Gasteiger partial charge in [0.25, 0.3) is 0 Å². The zero-order valence-electron chi connectivity index (χ0n) is 13.4. The Morgan fingerprint density at radius 1 is 1.57 bits per heavy atom. The molecule has 118 valence electrons. The molecule has 0 spiro atoms. The normalized spacial score (nSPS) is 20.1. The zero-order chi connectivity index (χ0) is 15.2. The predicted molar refractivity (Wildman–Crippen MR) is 88.5 cm³/mol. The van der Waals surface area contributed by atoms with E-state index in [1.165, 1.54) is 0 Å². The van der Waals surface area contributed by atoms with Gasteiger partial charge in [0.1, 0.15) is 18.7 Å².